The van der Waals surface area contributed by atoms with E-state index in [1.807, 2.05) is 13.8 Å². The molecule has 1 amide bonds. The minimum absolute atomic E-state index is 0.0134. The minimum atomic E-state index is -0.836. The number of ether oxygens (including phenoxy) is 1. The van der Waals surface area contributed by atoms with Crippen LogP contribution in [0.25, 0.3) is 5.69 Å². The number of hydrogen-bond donors (Lipinski definition) is 1. The van der Waals surface area contributed by atoms with E-state index in [-0.39, 0.29) is 11.5 Å². The standard InChI is InChI=1S/C15H18FN5O3/c1-4-9(2)13(15(23)24-3)18-14(22)11-7-10(16)5-6-12(11)21-8-17-19-20-21/h5-9,13H,4H2,1-3H3,(H,18,22)/t9?,13-/m1/s1. The first-order valence-corrected chi connectivity index (χ1v) is 7.39. The highest BCUT2D eigenvalue weighted by Gasteiger charge is 2.28. The number of hydrogen-bond acceptors (Lipinski definition) is 6. The number of tetrazole rings is 1. The molecule has 1 heterocycles. The Kier molecular flexibility index (Phi) is 5.56. The maximum absolute atomic E-state index is 13.6. The Morgan fingerprint density at radius 2 is 2.17 bits per heavy atom. The van der Waals surface area contributed by atoms with Gasteiger partial charge in [-0.1, -0.05) is 20.3 Å². The van der Waals surface area contributed by atoms with Crippen LogP contribution in [0.3, 0.4) is 0 Å². The molecule has 0 radical (unpaired) electrons. The number of nitrogens with zero attached hydrogens (tertiary/aromatic N) is 4. The molecule has 0 saturated carbocycles. The van der Waals surface area contributed by atoms with Gasteiger partial charge in [-0.25, -0.2) is 9.18 Å². The summed E-state index contributed by atoms with van der Waals surface area (Å²) in [6.07, 6.45) is 1.94. The fourth-order valence-electron chi connectivity index (χ4n) is 2.18. The lowest BCUT2D eigenvalue weighted by Crippen LogP contribution is -2.45. The minimum Gasteiger partial charge on any atom is -0.467 e. The number of halogens is 1. The Bertz CT molecular complexity index is 720. The quantitative estimate of drug-likeness (QED) is 0.794. The molecule has 1 aromatic heterocycles. The van der Waals surface area contributed by atoms with E-state index in [0.29, 0.717) is 12.1 Å². The molecule has 0 aliphatic heterocycles. The van der Waals surface area contributed by atoms with Crippen LogP contribution in [-0.4, -0.2) is 45.2 Å². The Labute approximate surface area is 138 Å². The van der Waals surface area contributed by atoms with Gasteiger partial charge in [0.2, 0.25) is 0 Å². The molecule has 2 aromatic rings. The molecule has 0 bridgehead atoms. The molecule has 1 aromatic carbocycles. The zero-order valence-corrected chi connectivity index (χ0v) is 13.6. The molecule has 0 aliphatic carbocycles. The van der Waals surface area contributed by atoms with Crippen molar-refractivity contribution in [3.05, 3.63) is 35.9 Å². The van der Waals surface area contributed by atoms with Crippen molar-refractivity contribution < 1.29 is 18.7 Å². The van der Waals surface area contributed by atoms with Crippen LogP contribution in [-0.2, 0) is 9.53 Å². The van der Waals surface area contributed by atoms with Gasteiger partial charge in [0.1, 0.15) is 18.2 Å². The van der Waals surface area contributed by atoms with Crippen LogP contribution in [0.5, 0.6) is 0 Å². The van der Waals surface area contributed by atoms with Gasteiger partial charge in [0.25, 0.3) is 5.91 Å². The molecule has 0 aliphatic rings. The molecule has 0 spiro atoms. The second-order valence-corrected chi connectivity index (χ2v) is 5.28. The molecule has 24 heavy (non-hydrogen) atoms. The van der Waals surface area contributed by atoms with Gasteiger partial charge < -0.3 is 10.1 Å². The van der Waals surface area contributed by atoms with Crippen molar-refractivity contribution in [3.8, 4) is 5.69 Å². The summed E-state index contributed by atoms with van der Waals surface area (Å²) in [5.41, 5.74) is 0.311. The van der Waals surface area contributed by atoms with Gasteiger partial charge in [-0.15, -0.1) is 5.10 Å². The van der Waals surface area contributed by atoms with Gasteiger partial charge in [-0.3, -0.25) is 4.79 Å². The van der Waals surface area contributed by atoms with Crippen molar-refractivity contribution in [1.82, 2.24) is 25.5 Å². The van der Waals surface area contributed by atoms with E-state index in [9.17, 15) is 14.0 Å². The SMILES string of the molecule is CCC(C)[C@@H](NC(=O)c1cc(F)ccc1-n1cnnn1)C(=O)OC. The first-order chi connectivity index (χ1) is 11.5. The fourth-order valence-corrected chi connectivity index (χ4v) is 2.18. The molecule has 2 atom stereocenters. The van der Waals surface area contributed by atoms with Crippen LogP contribution in [0.15, 0.2) is 24.5 Å². The average Bonchev–Trinajstić information content (AvgIpc) is 3.12. The first-order valence-electron chi connectivity index (χ1n) is 7.39. The van der Waals surface area contributed by atoms with Crippen LogP contribution in [0, 0.1) is 11.7 Å². The average molecular weight is 335 g/mol. The predicted molar refractivity (Wildman–Crippen MR) is 81.8 cm³/mol. The Morgan fingerprint density at radius 3 is 2.75 bits per heavy atom. The van der Waals surface area contributed by atoms with Gasteiger partial charge in [0, 0.05) is 0 Å². The number of carbonyl (C=O) groups is 2. The van der Waals surface area contributed by atoms with Crippen LogP contribution in [0.4, 0.5) is 4.39 Å². The summed E-state index contributed by atoms with van der Waals surface area (Å²) in [7, 11) is 1.25. The molecule has 0 saturated heterocycles. The summed E-state index contributed by atoms with van der Waals surface area (Å²) in [5, 5.41) is 13.3. The third kappa shape index (κ3) is 3.73. The number of nitrogens with one attached hydrogen (secondary N) is 1. The van der Waals surface area contributed by atoms with Gasteiger partial charge in [0.05, 0.1) is 18.4 Å². The van der Waals surface area contributed by atoms with Gasteiger partial charge in [-0.2, -0.15) is 4.68 Å². The van der Waals surface area contributed by atoms with E-state index in [1.54, 1.807) is 0 Å². The molecule has 128 valence electrons. The molecular weight excluding hydrogens is 317 g/mol. The number of methoxy groups -OCH3 is 1. The summed E-state index contributed by atoms with van der Waals surface area (Å²) in [4.78, 5) is 24.5. The molecule has 9 heteroatoms. The van der Waals surface area contributed by atoms with Crippen LogP contribution in [0.1, 0.15) is 30.6 Å². The summed E-state index contributed by atoms with van der Waals surface area (Å²) >= 11 is 0. The second-order valence-electron chi connectivity index (χ2n) is 5.28. The zero-order chi connectivity index (χ0) is 17.7. The van der Waals surface area contributed by atoms with Crippen molar-refractivity contribution >= 4 is 11.9 Å². The van der Waals surface area contributed by atoms with Crippen molar-refractivity contribution in [2.45, 2.75) is 26.3 Å². The Balaban J connectivity index is 2.35. The normalized spacial score (nSPS) is 13.2. The third-order valence-corrected chi connectivity index (χ3v) is 3.75. The number of amides is 1. The van der Waals surface area contributed by atoms with Crippen molar-refractivity contribution in [2.24, 2.45) is 5.92 Å². The highest BCUT2D eigenvalue weighted by Crippen LogP contribution is 2.17. The first kappa shape index (κ1) is 17.5. The number of rotatable bonds is 6. The Morgan fingerprint density at radius 1 is 1.42 bits per heavy atom. The van der Waals surface area contributed by atoms with E-state index < -0.39 is 23.7 Å². The number of aromatic nitrogens is 4. The summed E-state index contributed by atoms with van der Waals surface area (Å²) in [6.45, 7) is 3.71. The van der Waals surface area contributed by atoms with E-state index in [1.165, 1.54) is 30.3 Å². The fraction of sp³-hybridized carbons (Fsp3) is 0.400. The lowest BCUT2D eigenvalue weighted by Gasteiger charge is -2.22. The molecule has 8 nitrogen and oxygen atoms in total. The monoisotopic (exact) mass is 335 g/mol. The van der Waals surface area contributed by atoms with Gasteiger partial charge in [-0.05, 0) is 34.5 Å². The summed E-state index contributed by atoms with van der Waals surface area (Å²) < 4.78 is 19.6. The highest BCUT2D eigenvalue weighted by molar-refractivity contribution is 5.99. The highest BCUT2D eigenvalue weighted by atomic mass is 19.1. The summed E-state index contributed by atoms with van der Waals surface area (Å²) in [5.74, 6) is -1.91. The second kappa shape index (κ2) is 7.62. The largest absolute Gasteiger partial charge is 0.467 e. The maximum atomic E-state index is 13.6. The van der Waals surface area contributed by atoms with Crippen LogP contribution < -0.4 is 5.32 Å². The van der Waals surface area contributed by atoms with E-state index >= 15 is 0 Å². The van der Waals surface area contributed by atoms with Crippen molar-refractivity contribution in [3.63, 3.8) is 0 Å². The molecule has 0 fully saturated rings. The topological polar surface area (TPSA) is 99.0 Å². The van der Waals surface area contributed by atoms with Crippen molar-refractivity contribution in [1.29, 1.82) is 0 Å². The third-order valence-electron chi connectivity index (χ3n) is 3.75. The zero-order valence-electron chi connectivity index (χ0n) is 13.6. The summed E-state index contributed by atoms with van der Waals surface area (Å²) in [6, 6.07) is 2.81. The number of carbonyl (C=O) groups excluding carboxylic acids is 2. The molecule has 1 unspecified atom stereocenters. The van der Waals surface area contributed by atoms with Crippen LogP contribution in [0.2, 0.25) is 0 Å². The lowest BCUT2D eigenvalue weighted by molar-refractivity contribution is -0.144. The van der Waals surface area contributed by atoms with Gasteiger partial charge >= 0.3 is 5.97 Å². The predicted octanol–water partition coefficient (Wildman–Crippen LogP) is 1.12. The van der Waals surface area contributed by atoms with E-state index in [2.05, 4.69) is 20.8 Å². The Hall–Kier alpha value is -2.84. The smallest absolute Gasteiger partial charge is 0.328 e. The van der Waals surface area contributed by atoms with Crippen LogP contribution >= 0.6 is 0 Å². The number of esters is 1. The number of benzene rings is 1. The van der Waals surface area contributed by atoms with E-state index in [0.717, 1.165) is 6.07 Å². The molecular formula is C15H18FN5O3. The molecule has 1 N–H and O–H groups in total. The lowest BCUT2D eigenvalue weighted by atomic mass is 9.98. The maximum Gasteiger partial charge on any atom is 0.328 e. The van der Waals surface area contributed by atoms with Gasteiger partial charge in [0.15, 0.2) is 0 Å². The molecule has 2 rings (SSSR count). The van der Waals surface area contributed by atoms with E-state index in [4.69, 9.17) is 4.74 Å². The van der Waals surface area contributed by atoms with Crippen molar-refractivity contribution in [2.75, 3.05) is 7.11 Å².